The molecule has 0 saturated carbocycles. The highest BCUT2D eigenvalue weighted by molar-refractivity contribution is 9.10. The SMILES string of the molecule is Nc1nc(Br)nc2ccc(C(F)(F)F)cc12. The summed E-state index contributed by atoms with van der Waals surface area (Å²) in [5.74, 6) is 0.0166. The minimum absolute atomic E-state index is 0.0166. The highest BCUT2D eigenvalue weighted by atomic mass is 79.9. The van der Waals surface area contributed by atoms with Gasteiger partial charge in [-0.15, -0.1) is 0 Å². The van der Waals surface area contributed by atoms with Gasteiger partial charge in [0.25, 0.3) is 0 Å². The first-order valence-electron chi connectivity index (χ1n) is 4.18. The van der Waals surface area contributed by atoms with Crippen molar-refractivity contribution >= 4 is 32.7 Å². The lowest BCUT2D eigenvalue weighted by molar-refractivity contribution is -0.137. The molecule has 2 rings (SSSR count). The number of hydrogen-bond acceptors (Lipinski definition) is 3. The van der Waals surface area contributed by atoms with Crippen molar-refractivity contribution in [2.24, 2.45) is 0 Å². The van der Waals surface area contributed by atoms with Crippen LogP contribution in [-0.4, -0.2) is 9.97 Å². The number of anilines is 1. The van der Waals surface area contributed by atoms with Gasteiger partial charge in [0.15, 0.2) is 4.73 Å². The Kier molecular flexibility index (Phi) is 2.49. The Morgan fingerprint density at radius 2 is 1.88 bits per heavy atom. The fourth-order valence-electron chi connectivity index (χ4n) is 1.30. The normalized spacial score (nSPS) is 12.0. The first-order valence-corrected chi connectivity index (χ1v) is 4.97. The second kappa shape index (κ2) is 3.58. The summed E-state index contributed by atoms with van der Waals surface area (Å²) in [5.41, 5.74) is 5.12. The first kappa shape index (κ1) is 11.1. The number of nitrogens with zero attached hydrogens (tertiary/aromatic N) is 2. The molecule has 7 heteroatoms. The monoisotopic (exact) mass is 291 g/mol. The maximum atomic E-state index is 12.4. The van der Waals surface area contributed by atoms with Crippen LogP contribution in [0.25, 0.3) is 10.9 Å². The van der Waals surface area contributed by atoms with Crippen molar-refractivity contribution in [3.63, 3.8) is 0 Å². The van der Waals surface area contributed by atoms with E-state index in [1.54, 1.807) is 0 Å². The molecule has 0 bridgehead atoms. The average Bonchev–Trinajstić information content (AvgIpc) is 2.15. The molecule has 0 aliphatic rings. The molecular weight excluding hydrogens is 287 g/mol. The highest BCUT2D eigenvalue weighted by Gasteiger charge is 2.30. The van der Waals surface area contributed by atoms with Crippen LogP contribution >= 0.6 is 15.9 Å². The van der Waals surface area contributed by atoms with Crippen LogP contribution in [0.3, 0.4) is 0 Å². The van der Waals surface area contributed by atoms with Crippen LogP contribution < -0.4 is 5.73 Å². The molecule has 0 aliphatic heterocycles. The Bertz CT molecular complexity index is 553. The maximum Gasteiger partial charge on any atom is 0.416 e. The molecule has 0 fully saturated rings. The Morgan fingerprint density at radius 3 is 2.50 bits per heavy atom. The molecule has 0 saturated heterocycles. The summed E-state index contributed by atoms with van der Waals surface area (Å²) in [7, 11) is 0. The molecule has 0 atom stereocenters. The summed E-state index contributed by atoms with van der Waals surface area (Å²) < 4.78 is 37.6. The largest absolute Gasteiger partial charge is 0.416 e. The minimum Gasteiger partial charge on any atom is -0.383 e. The van der Waals surface area contributed by atoms with Crippen LogP contribution in [-0.2, 0) is 6.18 Å². The summed E-state index contributed by atoms with van der Waals surface area (Å²) in [4.78, 5) is 7.66. The molecule has 1 heterocycles. The molecule has 0 aliphatic carbocycles. The first-order chi connectivity index (χ1) is 7.38. The van der Waals surface area contributed by atoms with Gasteiger partial charge < -0.3 is 5.73 Å². The fraction of sp³-hybridized carbons (Fsp3) is 0.111. The summed E-state index contributed by atoms with van der Waals surface area (Å²) in [6, 6.07) is 3.17. The van der Waals surface area contributed by atoms with E-state index in [2.05, 4.69) is 25.9 Å². The molecule has 0 amide bonds. The third kappa shape index (κ3) is 1.95. The number of nitrogen functional groups attached to an aromatic ring is 1. The second-order valence-corrected chi connectivity index (χ2v) is 3.82. The van der Waals surface area contributed by atoms with Crippen molar-refractivity contribution < 1.29 is 13.2 Å². The van der Waals surface area contributed by atoms with Gasteiger partial charge in [-0.2, -0.15) is 13.2 Å². The number of fused-ring (bicyclic) bond motifs is 1. The number of rotatable bonds is 0. The van der Waals surface area contributed by atoms with E-state index in [-0.39, 0.29) is 15.9 Å². The molecule has 84 valence electrons. The van der Waals surface area contributed by atoms with Gasteiger partial charge in [0, 0.05) is 5.39 Å². The van der Waals surface area contributed by atoms with Gasteiger partial charge in [-0.25, -0.2) is 9.97 Å². The zero-order valence-corrected chi connectivity index (χ0v) is 9.30. The summed E-state index contributed by atoms with van der Waals surface area (Å²) >= 11 is 3.02. The average molecular weight is 292 g/mol. The van der Waals surface area contributed by atoms with Crippen molar-refractivity contribution in [1.82, 2.24) is 9.97 Å². The van der Waals surface area contributed by atoms with Gasteiger partial charge in [-0.3, -0.25) is 0 Å². The molecule has 0 spiro atoms. The fourth-order valence-corrected chi connectivity index (χ4v) is 1.68. The second-order valence-electron chi connectivity index (χ2n) is 3.11. The van der Waals surface area contributed by atoms with Gasteiger partial charge in [0.1, 0.15) is 5.82 Å². The molecule has 2 aromatic rings. The third-order valence-electron chi connectivity index (χ3n) is 2.03. The molecule has 0 unspecified atom stereocenters. The van der Waals surface area contributed by atoms with Gasteiger partial charge in [-0.05, 0) is 34.1 Å². The van der Waals surface area contributed by atoms with Gasteiger partial charge >= 0.3 is 6.18 Å². The number of hydrogen-bond donors (Lipinski definition) is 1. The van der Waals surface area contributed by atoms with E-state index in [0.29, 0.717) is 5.52 Å². The van der Waals surface area contributed by atoms with Gasteiger partial charge in [0.05, 0.1) is 11.1 Å². The number of aromatic nitrogens is 2. The van der Waals surface area contributed by atoms with Crippen molar-refractivity contribution in [3.05, 3.63) is 28.5 Å². The molecule has 3 nitrogen and oxygen atoms in total. The Hall–Kier alpha value is -1.37. The lowest BCUT2D eigenvalue weighted by Gasteiger charge is -2.08. The van der Waals surface area contributed by atoms with Crippen LogP contribution in [0, 0.1) is 0 Å². The number of halogens is 4. The van der Waals surface area contributed by atoms with Crippen LogP contribution in [0.1, 0.15) is 5.56 Å². The van der Waals surface area contributed by atoms with Gasteiger partial charge in [0.2, 0.25) is 0 Å². The summed E-state index contributed by atoms with van der Waals surface area (Å²) in [6.45, 7) is 0. The van der Waals surface area contributed by atoms with E-state index in [1.807, 2.05) is 0 Å². The number of alkyl halides is 3. The summed E-state index contributed by atoms with van der Waals surface area (Å²) in [6.07, 6.45) is -4.40. The van der Waals surface area contributed by atoms with Crippen molar-refractivity contribution in [1.29, 1.82) is 0 Å². The van der Waals surface area contributed by atoms with Crippen molar-refractivity contribution in [3.8, 4) is 0 Å². The van der Waals surface area contributed by atoms with Crippen LogP contribution in [0.4, 0.5) is 19.0 Å². The topological polar surface area (TPSA) is 51.8 Å². The predicted molar refractivity (Wildman–Crippen MR) is 56.7 cm³/mol. The summed E-state index contributed by atoms with van der Waals surface area (Å²) in [5, 5.41) is 0.193. The van der Waals surface area contributed by atoms with Crippen molar-refractivity contribution in [2.75, 3.05) is 5.73 Å². The lowest BCUT2D eigenvalue weighted by Crippen LogP contribution is -2.05. The number of nitrogens with two attached hydrogens (primary N) is 1. The van der Waals surface area contributed by atoms with E-state index >= 15 is 0 Å². The van der Waals surface area contributed by atoms with Crippen LogP contribution in [0.5, 0.6) is 0 Å². The zero-order valence-electron chi connectivity index (χ0n) is 7.72. The van der Waals surface area contributed by atoms with E-state index in [1.165, 1.54) is 6.07 Å². The van der Waals surface area contributed by atoms with E-state index < -0.39 is 11.7 Å². The molecule has 2 N–H and O–H groups in total. The number of benzene rings is 1. The molecular formula is C9H5BrF3N3. The molecule has 0 radical (unpaired) electrons. The molecule has 1 aromatic heterocycles. The predicted octanol–water partition coefficient (Wildman–Crippen LogP) is 2.99. The van der Waals surface area contributed by atoms with E-state index in [0.717, 1.165) is 12.1 Å². The van der Waals surface area contributed by atoms with Crippen LogP contribution in [0.15, 0.2) is 22.9 Å². The standard InChI is InChI=1S/C9H5BrF3N3/c10-8-15-6-2-1-4(9(11,12)13)3-5(6)7(14)16-8/h1-3H,(H2,14,15,16). The van der Waals surface area contributed by atoms with E-state index in [4.69, 9.17) is 5.73 Å². The quantitative estimate of drug-likeness (QED) is 0.759. The molecule has 16 heavy (non-hydrogen) atoms. The molecule has 1 aromatic carbocycles. The van der Waals surface area contributed by atoms with Crippen molar-refractivity contribution in [2.45, 2.75) is 6.18 Å². The smallest absolute Gasteiger partial charge is 0.383 e. The van der Waals surface area contributed by atoms with Gasteiger partial charge in [-0.1, -0.05) is 0 Å². The lowest BCUT2D eigenvalue weighted by atomic mass is 10.1. The Balaban J connectivity index is 2.72. The van der Waals surface area contributed by atoms with E-state index in [9.17, 15) is 13.2 Å². The van der Waals surface area contributed by atoms with Crippen LogP contribution in [0.2, 0.25) is 0 Å². The highest BCUT2D eigenvalue weighted by Crippen LogP contribution is 2.32. The Morgan fingerprint density at radius 1 is 1.19 bits per heavy atom. The maximum absolute atomic E-state index is 12.4. The zero-order chi connectivity index (χ0) is 11.9. The Labute approximate surface area is 96.6 Å². The third-order valence-corrected chi connectivity index (χ3v) is 2.38. The minimum atomic E-state index is -4.40.